The van der Waals surface area contributed by atoms with Crippen LogP contribution in [0.25, 0.3) is 0 Å². The number of hydrogen-bond donors (Lipinski definition) is 1. The van der Waals surface area contributed by atoms with Gasteiger partial charge in [-0.1, -0.05) is 6.07 Å². The molecule has 102 valence electrons. The second-order valence-corrected chi connectivity index (χ2v) is 4.10. The summed E-state index contributed by atoms with van der Waals surface area (Å²) in [7, 11) is 3.06. The molecule has 2 rings (SSSR count). The molecular weight excluding hydrogens is 249 g/mol. The van der Waals surface area contributed by atoms with E-state index in [2.05, 4.69) is 0 Å². The van der Waals surface area contributed by atoms with Crippen LogP contribution in [0.4, 0.5) is 4.39 Å². The minimum absolute atomic E-state index is 0.359. The molecule has 0 aliphatic carbocycles. The summed E-state index contributed by atoms with van der Waals surface area (Å²) in [5.74, 6) is 1.18. The average Bonchev–Trinajstić information content (AvgIpc) is 2.87. The van der Waals surface area contributed by atoms with Crippen LogP contribution in [0.1, 0.15) is 23.1 Å². The Balaban J connectivity index is 2.24. The summed E-state index contributed by atoms with van der Waals surface area (Å²) in [5, 5.41) is 0. The first-order valence-corrected chi connectivity index (χ1v) is 5.82. The Hall–Kier alpha value is -1.85. The van der Waals surface area contributed by atoms with Gasteiger partial charge in [0.15, 0.2) is 0 Å². The minimum atomic E-state index is -0.656. The van der Waals surface area contributed by atoms with E-state index in [4.69, 9.17) is 19.6 Å². The molecule has 1 heterocycles. The second kappa shape index (κ2) is 5.86. The first-order chi connectivity index (χ1) is 9.15. The van der Waals surface area contributed by atoms with Gasteiger partial charge in [-0.25, -0.2) is 4.39 Å². The van der Waals surface area contributed by atoms with E-state index in [1.807, 2.05) is 0 Å². The molecular formula is C14H16FNO3. The quantitative estimate of drug-likeness (QED) is 0.902. The fourth-order valence-electron chi connectivity index (χ4n) is 1.82. The molecule has 0 saturated heterocycles. The third-order valence-corrected chi connectivity index (χ3v) is 2.82. The lowest BCUT2D eigenvalue weighted by molar-refractivity contribution is 0.162. The second-order valence-electron chi connectivity index (χ2n) is 4.10. The number of benzene rings is 1. The monoisotopic (exact) mass is 265 g/mol. The Morgan fingerprint density at radius 3 is 2.68 bits per heavy atom. The van der Waals surface area contributed by atoms with E-state index in [0.29, 0.717) is 29.4 Å². The first-order valence-electron chi connectivity index (χ1n) is 5.82. The zero-order valence-electron chi connectivity index (χ0n) is 10.9. The fraction of sp³-hybridized carbons (Fsp3) is 0.286. The van der Waals surface area contributed by atoms with Crippen molar-refractivity contribution in [3.05, 3.63) is 53.2 Å². The van der Waals surface area contributed by atoms with E-state index in [-0.39, 0.29) is 0 Å². The van der Waals surface area contributed by atoms with Crippen LogP contribution >= 0.6 is 0 Å². The molecule has 0 aliphatic heterocycles. The van der Waals surface area contributed by atoms with Gasteiger partial charge in [0.1, 0.15) is 29.7 Å². The minimum Gasteiger partial charge on any atom is -0.497 e. The summed E-state index contributed by atoms with van der Waals surface area (Å²) < 4.78 is 29.3. The Bertz CT molecular complexity index is 553. The zero-order valence-corrected chi connectivity index (χ0v) is 10.9. The van der Waals surface area contributed by atoms with E-state index >= 15 is 0 Å². The highest BCUT2D eigenvalue weighted by Crippen LogP contribution is 2.26. The van der Waals surface area contributed by atoms with Crippen LogP contribution in [0, 0.1) is 5.82 Å². The molecule has 0 radical (unpaired) electrons. The lowest BCUT2D eigenvalue weighted by atomic mass is 10.0. The number of hydrogen-bond acceptors (Lipinski definition) is 4. The molecule has 0 spiro atoms. The summed E-state index contributed by atoms with van der Waals surface area (Å²) in [6.07, 6.45) is 0. The number of ether oxygens (including phenoxy) is 2. The fourth-order valence-corrected chi connectivity index (χ4v) is 1.82. The smallest absolute Gasteiger partial charge is 0.132 e. The van der Waals surface area contributed by atoms with Crippen molar-refractivity contribution in [1.29, 1.82) is 0 Å². The van der Waals surface area contributed by atoms with Gasteiger partial charge in [-0.3, -0.25) is 0 Å². The summed E-state index contributed by atoms with van der Waals surface area (Å²) in [4.78, 5) is 0. The van der Waals surface area contributed by atoms with Crippen molar-refractivity contribution in [2.24, 2.45) is 5.73 Å². The van der Waals surface area contributed by atoms with Crippen LogP contribution in [0.15, 0.2) is 34.7 Å². The molecule has 0 fully saturated rings. The van der Waals surface area contributed by atoms with Gasteiger partial charge in [0.05, 0.1) is 13.2 Å². The van der Waals surface area contributed by atoms with Crippen LogP contribution in [0.3, 0.4) is 0 Å². The zero-order chi connectivity index (χ0) is 13.8. The van der Waals surface area contributed by atoms with Crippen molar-refractivity contribution in [1.82, 2.24) is 0 Å². The maximum atomic E-state index is 13.9. The van der Waals surface area contributed by atoms with Crippen LogP contribution < -0.4 is 10.5 Å². The average molecular weight is 265 g/mol. The Morgan fingerprint density at radius 2 is 2.05 bits per heavy atom. The van der Waals surface area contributed by atoms with Gasteiger partial charge in [-0.15, -0.1) is 0 Å². The lowest BCUT2D eigenvalue weighted by Gasteiger charge is -2.11. The molecule has 2 N–H and O–H groups in total. The lowest BCUT2D eigenvalue weighted by Crippen LogP contribution is -2.12. The third kappa shape index (κ3) is 2.94. The third-order valence-electron chi connectivity index (χ3n) is 2.82. The number of rotatable bonds is 5. The number of methoxy groups -OCH3 is 2. The van der Waals surface area contributed by atoms with Gasteiger partial charge in [-0.05, 0) is 18.2 Å². The molecule has 0 aliphatic rings. The topological polar surface area (TPSA) is 57.6 Å². The molecule has 0 bridgehead atoms. The molecule has 0 saturated carbocycles. The maximum Gasteiger partial charge on any atom is 0.132 e. The van der Waals surface area contributed by atoms with E-state index in [1.54, 1.807) is 31.4 Å². The van der Waals surface area contributed by atoms with E-state index in [1.165, 1.54) is 13.2 Å². The summed E-state index contributed by atoms with van der Waals surface area (Å²) in [5.41, 5.74) is 6.36. The van der Waals surface area contributed by atoms with Crippen molar-refractivity contribution >= 4 is 0 Å². The summed E-state index contributed by atoms with van der Waals surface area (Å²) >= 11 is 0. The van der Waals surface area contributed by atoms with Crippen molar-refractivity contribution in [3.8, 4) is 5.75 Å². The van der Waals surface area contributed by atoms with Gasteiger partial charge in [-0.2, -0.15) is 0 Å². The Labute approximate surface area is 110 Å². The van der Waals surface area contributed by atoms with Crippen LogP contribution in [0.5, 0.6) is 5.75 Å². The van der Waals surface area contributed by atoms with Crippen LogP contribution in [-0.4, -0.2) is 14.2 Å². The molecule has 0 amide bonds. The van der Waals surface area contributed by atoms with Crippen molar-refractivity contribution < 1.29 is 18.3 Å². The molecule has 5 heteroatoms. The molecule has 19 heavy (non-hydrogen) atoms. The van der Waals surface area contributed by atoms with Crippen molar-refractivity contribution in [2.75, 3.05) is 14.2 Å². The highest BCUT2D eigenvalue weighted by atomic mass is 19.1. The molecule has 2 aromatic rings. The van der Waals surface area contributed by atoms with Crippen molar-refractivity contribution in [2.45, 2.75) is 12.6 Å². The number of furan rings is 1. The van der Waals surface area contributed by atoms with Crippen LogP contribution in [0.2, 0.25) is 0 Å². The van der Waals surface area contributed by atoms with E-state index in [9.17, 15) is 4.39 Å². The van der Waals surface area contributed by atoms with Gasteiger partial charge in [0.2, 0.25) is 0 Å². The van der Waals surface area contributed by atoms with Crippen molar-refractivity contribution in [3.63, 3.8) is 0 Å². The van der Waals surface area contributed by atoms with Gasteiger partial charge >= 0.3 is 0 Å². The Morgan fingerprint density at radius 1 is 1.26 bits per heavy atom. The highest BCUT2D eigenvalue weighted by molar-refractivity contribution is 5.34. The van der Waals surface area contributed by atoms with Gasteiger partial charge < -0.3 is 19.6 Å². The SMILES string of the molecule is COCc1ccc(C(N)c2ccc(OC)cc2F)o1. The Kier molecular flexibility index (Phi) is 4.19. The predicted octanol–water partition coefficient (Wildman–Crippen LogP) is 2.62. The largest absolute Gasteiger partial charge is 0.497 e. The highest BCUT2D eigenvalue weighted by Gasteiger charge is 2.17. The van der Waals surface area contributed by atoms with Gasteiger partial charge in [0, 0.05) is 18.7 Å². The maximum absolute atomic E-state index is 13.9. The molecule has 4 nitrogen and oxygen atoms in total. The molecule has 1 aromatic carbocycles. The number of halogens is 1. The molecule has 1 unspecified atom stereocenters. The number of nitrogens with two attached hydrogens (primary N) is 1. The standard InChI is InChI=1S/C14H16FNO3/c1-17-8-10-4-6-13(19-10)14(16)11-5-3-9(18-2)7-12(11)15/h3-7,14H,8,16H2,1-2H3. The van der Waals surface area contributed by atoms with E-state index in [0.717, 1.165) is 0 Å². The van der Waals surface area contributed by atoms with Crippen LogP contribution in [-0.2, 0) is 11.3 Å². The predicted molar refractivity (Wildman–Crippen MR) is 68.4 cm³/mol. The summed E-state index contributed by atoms with van der Waals surface area (Å²) in [6, 6.07) is 7.39. The molecule has 1 aromatic heterocycles. The first kappa shape index (κ1) is 13.6. The summed E-state index contributed by atoms with van der Waals surface area (Å²) in [6.45, 7) is 0.359. The normalized spacial score (nSPS) is 12.4. The van der Waals surface area contributed by atoms with E-state index < -0.39 is 11.9 Å². The molecule has 1 atom stereocenters. The van der Waals surface area contributed by atoms with Gasteiger partial charge in [0.25, 0.3) is 0 Å².